The topological polar surface area (TPSA) is 171 Å². The molecule has 6 rings (SSSR count). The maximum Gasteiger partial charge on any atom is 0.224 e. The van der Waals surface area contributed by atoms with E-state index in [2.05, 4.69) is 35.2 Å². The van der Waals surface area contributed by atoms with E-state index in [0.717, 1.165) is 24.7 Å². The first-order chi connectivity index (χ1) is 21.2. The van der Waals surface area contributed by atoms with Crippen molar-refractivity contribution in [1.82, 2.24) is 39.8 Å². The lowest BCUT2D eigenvalue weighted by atomic mass is 10.0. The molecular formula is C30H28FN9O3S. The molecule has 0 saturated heterocycles. The molecule has 5 aromatic heterocycles. The summed E-state index contributed by atoms with van der Waals surface area (Å²) in [6, 6.07) is 9.83. The molecule has 14 heteroatoms. The number of aromatic amines is 2. The van der Waals surface area contributed by atoms with E-state index in [-0.39, 0.29) is 12.5 Å². The number of carbonyl (C=O) groups excluding carboxylic acids is 1. The molecular weight excluding hydrogens is 585 g/mol. The molecule has 0 aliphatic heterocycles. The van der Waals surface area contributed by atoms with E-state index in [1.165, 1.54) is 12.1 Å². The van der Waals surface area contributed by atoms with Gasteiger partial charge in [-0.05, 0) is 53.9 Å². The number of unbranched alkanes of at least 4 members (excludes halogenated alkanes) is 1. The number of imidazole rings is 1. The zero-order chi connectivity index (χ0) is 30.8. The largest absolute Gasteiger partial charge is 0.335 e. The molecule has 0 spiro atoms. The molecule has 0 bridgehead atoms. The van der Waals surface area contributed by atoms with Crippen molar-refractivity contribution < 1.29 is 17.6 Å². The van der Waals surface area contributed by atoms with Crippen LogP contribution in [0.5, 0.6) is 0 Å². The lowest BCUT2D eigenvalue weighted by Crippen LogP contribution is -2.21. The zero-order valence-electron chi connectivity index (χ0n) is 23.8. The van der Waals surface area contributed by atoms with Crippen LogP contribution in [0.25, 0.3) is 56.0 Å². The molecule has 6 aromatic rings. The predicted octanol–water partition coefficient (Wildman–Crippen LogP) is 4.94. The highest BCUT2D eigenvalue weighted by atomic mass is 32.2. The monoisotopic (exact) mass is 613 g/mol. The Hall–Kier alpha value is -5.08. The number of sulfonamides is 1. The van der Waals surface area contributed by atoms with Crippen molar-refractivity contribution in [3.05, 3.63) is 72.6 Å². The average Bonchev–Trinajstić information content (AvgIpc) is 3.62. The van der Waals surface area contributed by atoms with Crippen molar-refractivity contribution in [1.29, 1.82) is 0 Å². The van der Waals surface area contributed by atoms with Crippen LogP contribution in [0.2, 0.25) is 0 Å². The average molecular weight is 614 g/mol. The number of benzene rings is 1. The first-order valence-electron chi connectivity index (χ1n) is 13.9. The highest BCUT2D eigenvalue weighted by Crippen LogP contribution is 2.32. The van der Waals surface area contributed by atoms with Crippen molar-refractivity contribution in [2.24, 2.45) is 0 Å². The molecule has 0 unspecified atom stereocenters. The lowest BCUT2D eigenvalue weighted by Gasteiger charge is -2.07. The van der Waals surface area contributed by atoms with Gasteiger partial charge >= 0.3 is 0 Å². The van der Waals surface area contributed by atoms with Gasteiger partial charge in [-0.3, -0.25) is 19.9 Å². The number of nitrogens with one attached hydrogen (secondary N) is 4. The zero-order valence-corrected chi connectivity index (χ0v) is 24.7. The summed E-state index contributed by atoms with van der Waals surface area (Å²) >= 11 is 0. The molecule has 1 aromatic carbocycles. The maximum absolute atomic E-state index is 14.6. The predicted molar refractivity (Wildman–Crippen MR) is 165 cm³/mol. The normalized spacial score (nSPS) is 11.8. The Morgan fingerprint density at radius 3 is 2.61 bits per heavy atom. The van der Waals surface area contributed by atoms with Gasteiger partial charge in [0.2, 0.25) is 15.9 Å². The van der Waals surface area contributed by atoms with E-state index in [9.17, 15) is 17.6 Å². The molecule has 1 amide bonds. The second-order valence-electron chi connectivity index (χ2n) is 10.4. The fourth-order valence-electron chi connectivity index (χ4n) is 4.81. The minimum atomic E-state index is -3.46. The van der Waals surface area contributed by atoms with Crippen LogP contribution in [0.1, 0.15) is 31.7 Å². The van der Waals surface area contributed by atoms with E-state index < -0.39 is 15.8 Å². The number of H-pyrrole nitrogens is 2. The Labute approximate surface area is 251 Å². The molecule has 0 radical (unpaired) electrons. The number of nitrogens with zero attached hydrogens (tertiary/aromatic N) is 5. The summed E-state index contributed by atoms with van der Waals surface area (Å²) in [5.41, 5.74) is 6.29. The van der Waals surface area contributed by atoms with Gasteiger partial charge < -0.3 is 10.3 Å². The SMILES string of the molecule is CCCCC(=O)Nc1cncc(-c2ccc3[nH]nc(-c4nc5c(-c6cc(F)cc(CNS(C)(=O)=O)c6)cncc5[nH]4)c3n2)c1. The van der Waals surface area contributed by atoms with Gasteiger partial charge in [0.15, 0.2) is 11.5 Å². The Bertz CT molecular complexity index is 2130. The third-order valence-corrected chi connectivity index (χ3v) is 7.58. The molecule has 0 fully saturated rings. The number of anilines is 1. The number of aromatic nitrogens is 7. The lowest BCUT2D eigenvalue weighted by molar-refractivity contribution is -0.116. The number of halogens is 1. The van der Waals surface area contributed by atoms with Crippen molar-refractivity contribution in [3.8, 4) is 33.9 Å². The van der Waals surface area contributed by atoms with Gasteiger partial charge in [0.05, 0.1) is 46.6 Å². The molecule has 4 N–H and O–H groups in total. The summed E-state index contributed by atoms with van der Waals surface area (Å²) in [4.78, 5) is 33.7. The molecule has 5 heterocycles. The summed E-state index contributed by atoms with van der Waals surface area (Å²) in [5, 5.41) is 10.3. The first kappa shape index (κ1) is 29.0. The molecule has 0 aliphatic carbocycles. The number of fused-ring (bicyclic) bond motifs is 2. The highest BCUT2D eigenvalue weighted by molar-refractivity contribution is 7.88. The van der Waals surface area contributed by atoms with Crippen LogP contribution in [-0.2, 0) is 21.4 Å². The quantitative estimate of drug-likeness (QED) is 0.168. The standard InChI is InChI=1S/C30H28FN9O3S/c1-3-4-5-26(41)35-21-11-19(13-32-14-21)23-6-7-24-28(36-23)29(40-39-24)30-37-25-16-33-15-22(27(25)38-30)18-8-17(9-20(31)10-18)12-34-44(2,42)43/h6-11,13-16,34H,3-5,12H2,1-2H3,(H,35,41)(H,37,38)(H,39,40). The molecule has 0 saturated carbocycles. The Morgan fingerprint density at radius 2 is 1.80 bits per heavy atom. The van der Waals surface area contributed by atoms with Crippen molar-refractivity contribution >= 4 is 43.7 Å². The van der Waals surface area contributed by atoms with Crippen molar-refractivity contribution in [3.63, 3.8) is 0 Å². The van der Waals surface area contributed by atoms with Crippen molar-refractivity contribution in [2.45, 2.75) is 32.7 Å². The van der Waals surface area contributed by atoms with Crippen LogP contribution >= 0.6 is 0 Å². The van der Waals surface area contributed by atoms with Crippen LogP contribution < -0.4 is 10.0 Å². The Morgan fingerprint density at radius 1 is 0.955 bits per heavy atom. The molecule has 224 valence electrons. The van der Waals surface area contributed by atoms with Crippen LogP contribution in [-0.4, -0.2) is 55.7 Å². The number of hydrogen-bond donors (Lipinski definition) is 4. The van der Waals surface area contributed by atoms with E-state index in [0.29, 0.717) is 68.1 Å². The third kappa shape index (κ3) is 6.31. The third-order valence-electron chi connectivity index (χ3n) is 6.91. The molecule has 44 heavy (non-hydrogen) atoms. The number of hydrogen-bond acceptors (Lipinski definition) is 8. The Kier molecular flexibility index (Phi) is 7.84. The van der Waals surface area contributed by atoms with Crippen molar-refractivity contribution in [2.75, 3.05) is 11.6 Å². The van der Waals surface area contributed by atoms with Crippen LogP contribution in [0.4, 0.5) is 10.1 Å². The minimum Gasteiger partial charge on any atom is -0.335 e. The van der Waals surface area contributed by atoms with E-state index in [4.69, 9.17) is 9.97 Å². The summed E-state index contributed by atoms with van der Waals surface area (Å²) in [6.45, 7) is 1.97. The van der Waals surface area contributed by atoms with Gasteiger partial charge in [-0.25, -0.2) is 27.5 Å². The number of rotatable bonds is 10. The maximum atomic E-state index is 14.6. The molecule has 0 atom stereocenters. The van der Waals surface area contributed by atoms with Crippen LogP contribution in [0, 0.1) is 5.82 Å². The minimum absolute atomic E-state index is 0.0598. The van der Waals surface area contributed by atoms with Gasteiger partial charge in [-0.15, -0.1) is 0 Å². The van der Waals surface area contributed by atoms with E-state index in [1.54, 1.807) is 30.9 Å². The number of pyridine rings is 3. The van der Waals surface area contributed by atoms with Gasteiger partial charge in [0.1, 0.15) is 11.3 Å². The van der Waals surface area contributed by atoms with Crippen LogP contribution in [0.3, 0.4) is 0 Å². The highest BCUT2D eigenvalue weighted by Gasteiger charge is 2.18. The summed E-state index contributed by atoms with van der Waals surface area (Å²) < 4.78 is 40.1. The van der Waals surface area contributed by atoms with Gasteiger partial charge in [0, 0.05) is 36.5 Å². The van der Waals surface area contributed by atoms with E-state index >= 15 is 0 Å². The summed E-state index contributed by atoms with van der Waals surface area (Å²) in [6.07, 6.45) is 9.69. The van der Waals surface area contributed by atoms with E-state index in [1.807, 2.05) is 25.1 Å². The second-order valence-corrected chi connectivity index (χ2v) is 12.2. The Balaban J connectivity index is 1.35. The number of carbonyl (C=O) groups is 1. The van der Waals surface area contributed by atoms with Crippen LogP contribution in [0.15, 0.2) is 61.2 Å². The fourth-order valence-corrected chi connectivity index (χ4v) is 5.24. The second kappa shape index (κ2) is 11.9. The molecule has 0 aliphatic rings. The molecule has 12 nitrogen and oxygen atoms in total. The fraction of sp³-hybridized carbons (Fsp3) is 0.200. The van der Waals surface area contributed by atoms with Gasteiger partial charge in [-0.1, -0.05) is 13.3 Å². The smallest absolute Gasteiger partial charge is 0.224 e. The van der Waals surface area contributed by atoms with Gasteiger partial charge in [0.25, 0.3) is 0 Å². The summed E-state index contributed by atoms with van der Waals surface area (Å²) in [7, 11) is -3.46. The van der Waals surface area contributed by atoms with Gasteiger partial charge in [-0.2, -0.15) is 5.10 Å². The first-order valence-corrected chi connectivity index (χ1v) is 15.7. The number of amides is 1. The summed E-state index contributed by atoms with van der Waals surface area (Å²) in [5.74, 6) is -0.157.